The summed E-state index contributed by atoms with van der Waals surface area (Å²) in [6.07, 6.45) is 4.85. The number of rotatable bonds is 6. The lowest BCUT2D eigenvalue weighted by molar-refractivity contribution is -0.122. The lowest BCUT2D eigenvalue weighted by atomic mass is 10.0. The molecule has 1 unspecified atom stereocenters. The van der Waals surface area contributed by atoms with Crippen LogP contribution in [-0.4, -0.2) is 60.5 Å². The quantitative estimate of drug-likeness (QED) is 0.630. The summed E-state index contributed by atoms with van der Waals surface area (Å²) in [4.78, 5) is 40.1. The summed E-state index contributed by atoms with van der Waals surface area (Å²) in [6.45, 7) is 0.375. The van der Waals surface area contributed by atoms with E-state index in [0.29, 0.717) is 47.4 Å². The van der Waals surface area contributed by atoms with Crippen LogP contribution >= 0.6 is 0 Å². The standard InChI is InChI=1S/C26H30F2N6O3/c1-32-19-13-30-24(34(16-4-5-16)18-6-3-15(21(29)35)11-20(18)37-2)31-22(19)33(14-25(9-10-25)23(32)36)17-7-8-26(27,28)12-17/h3,6,11,13,16-17H,4-5,7-10,12,14H2,1-2H3,(H2,29,35). The van der Waals surface area contributed by atoms with Crippen LogP contribution in [0.25, 0.3) is 0 Å². The number of carbonyl (C=O) groups is 2. The topological polar surface area (TPSA) is 105 Å². The number of hydrogen-bond donors (Lipinski definition) is 1. The van der Waals surface area contributed by atoms with Crippen LogP contribution < -0.4 is 25.2 Å². The largest absolute Gasteiger partial charge is 0.495 e. The summed E-state index contributed by atoms with van der Waals surface area (Å²) >= 11 is 0. The molecular formula is C26H30F2N6O3. The molecule has 1 aliphatic heterocycles. The number of anilines is 4. The van der Waals surface area contributed by atoms with Crippen molar-refractivity contribution >= 4 is 35.0 Å². The molecule has 2 amide bonds. The summed E-state index contributed by atoms with van der Waals surface area (Å²) in [5.41, 5.74) is 6.44. The van der Waals surface area contributed by atoms with E-state index >= 15 is 0 Å². The molecule has 0 radical (unpaired) electrons. The first-order valence-electron chi connectivity index (χ1n) is 12.7. The van der Waals surface area contributed by atoms with Crippen molar-refractivity contribution in [2.75, 3.05) is 35.4 Å². The van der Waals surface area contributed by atoms with Crippen molar-refractivity contribution in [1.82, 2.24) is 9.97 Å². The lowest BCUT2D eigenvalue weighted by Crippen LogP contribution is -2.41. The van der Waals surface area contributed by atoms with Gasteiger partial charge in [0.15, 0.2) is 5.82 Å². The number of ether oxygens (including phenoxy) is 1. The van der Waals surface area contributed by atoms with Gasteiger partial charge in [0.2, 0.25) is 23.7 Å². The number of halogens is 2. The minimum atomic E-state index is -2.73. The van der Waals surface area contributed by atoms with Crippen LogP contribution in [0.5, 0.6) is 5.75 Å². The van der Waals surface area contributed by atoms with Crippen molar-refractivity contribution in [3.05, 3.63) is 30.0 Å². The first kappa shape index (κ1) is 23.9. The predicted octanol–water partition coefficient (Wildman–Crippen LogP) is 3.64. The van der Waals surface area contributed by atoms with Gasteiger partial charge in [0.25, 0.3) is 0 Å². The monoisotopic (exact) mass is 512 g/mol. The molecule has 196 valence electrons. The van der Waals surface area contributed by atoms with Gasteiger partial charge < -0.3 is 25.2 Å². The molecule has 0 saturated heterocycles. The number of carbonyl (C=O) groups excluding carboxylic acids is 2. The molecule has 9 nitrogen and oxygen atoms in total. The van der Waals surface area contributed by atoms with Crippen LogP contribution in [0, 0.1) is 5.41 Å². The van der Waals surface area contributed by atoms with E-state index in [4.69, 9.17) is 15.5 Å². The SMILES string of the molecule is COc1cc(C(N)=O)ccc1N(c1ncc2c(n1)N(C1CCC(F)(F)C1)CC1(CC1)C(=O)N2C)C1CC1. The Morgan fingerprint density at radius 1 is 1.22 bits per heavy atom. The fraction of sp³-hybridized carbons (Fsp3) is 0.538. The van der Waals surface area contributed by atoms with E-state index in [2.05, 4.69) is 4.98 Å². The number of amides is 2. The van der Waals surface area contributed by atoms with Crippen LogP contribution in [0.3, 0.4) is 0 Å². The van der Waals surface area contributed by atoms with Crippen molar-refractivity contribution < 1.29 is 23.1 Å². The lowest BCUT2D eigenvalue weighted by Gasteiger charge is -2.32. The van der Waals surface area contributed by atoms with Crippen LogP contribution in [0.15, 0.2) is 24.4 Å². The number of alkyl halides is 2. The Morgan fingerprint density at radius 3 is 2.57 bits per heavy atom. The van der Waals surface area contributed by atoms with E-state index in [9.17, 15) is 18.4 Å². The van der Waals surface area contributed by atoms with Crippen LogP contribution in [0.4, 0.5) is 31.9 Å². The van der Waals surface area contributed by atoms with Gasteiger partial charge in [-0.15, -0.1) is 0 Å². The van der Waals surface area contributed by atoms with Crippen molar-refractivity contribution in [3.63, 3.8) is 0 Å². The minimum Gasteiger partial charge on any atom is -0.495 e. The van der Waals surface area contributed by atoms with Crippen molar-refractivity contribution in [3.8, 4) is 5.75 Å². The maximum absolute atomic E-state index is 14.3. The smallest absolute Gasteiger partial charge is 0.250 e. The maximum Gasteiger partial charge on any atom is 0.250 e. The van der Waals surface area contributed by atoms with Crippen LogP contribution in [-0.2, 0) is 4.79 Å². The zero-order valence-corrected chi connectivity index (χ0v) is 20.9. The molecule has 1 aromatic carbocycles. The highest BCUT2D eigenvalue weighted by Gasteiger charge is 2.56. The molecule has 0 bridgehead atoms. The second-order valence-electron chi connectivity index (χ2n) is 10.8. The molecule has 3 saturated carbocycles. The van der Waals surface area contributed by atoms with E-state index in [1.54, 1.807) is 36.3 Å². The summed E-state index contributed by atoms with van der Waals surface area (Å²) in [6, 6.07) is 4.70. The number of aromatic nitrogens is 2. The van der Waals surface area contributed by atoms with Crippen molar-refractivity contribution in [2.24, 2.45) is 11.1 Å². The summed E-state index contributed by atoms with van der Waals surface area (Å²) < 4.78 is 34.2. The Balaban J connectivity index is 1.46. The van der Waals surface area contributed by atoms with E-state index in [0.717, 1.165) is 25.7 Å². The van der Waals surface area contributed by atoms with Gasteiger partial charge in [0.1, 0.15) is 11.4 Å². The van der Waals surface area contributed by atoms with Gasteiger partial charge in [-0.1, -0.05) is 0 Å². The second kappa shape index (κ2) is 8.26. The molecule has 4 aliphatic rings. The summed E-state index contributed by atoms with van der Waals surface area (Å²) in [5, 5.41) is 0. The van der Waals surface area contributed by atoms with E-state index in [1.165, 1.54) is 7.11 Å². The average molecular weight is 513 g/mol. The summed E-state index contributed by atoms with van der Waals surface area (Å²) in [7, 11) is 3.23. The number of nitrogens with zero attached hydrogens (tertiary/aromatic N) is 5. The Kier molecular flexibility index (Phi) is 5.33. The highest BCUT2D eigenvalue weighted by Crippen LogP contribution is 2.54. The van der Waals surface area contributed by atoms with E-state index in [1.807, 2.05) is 9.80 Å². The molecule has 1 spiro atoms. The zero-order valence-electron chi connectivity index (χ0n) is 20.9. The van der Waals surface area contributed by atoms with Crippen LogP contribution in [0.1, 0.15) is 55.3 Å². The maximum atomic E-state index is 14.3. The number of nitrogens with two attached hydrogens (primary N) is 1. The molecule has 2 heterocycles. The molecule has 6 rings (SSSR count). The third-order valence-electron chi connectivity index (χ3n) is 8.13. The van der Waals surface area contributed by atoms with Gasteiger partial charge in [-0.25, -0.2) is 13.8 Å². The molecule has 1 atom stereocenters. The van der Waals surface area contributed by atoms with Gasteiger partial charge >= 0.3 is 0 Å². The van der Waals surface area contributed by atoms with Crippen LogP contribution in [0.2, 0.25) is 0 Å². The fourth-order valence-corrected chi connectivity index (χ4v) is 5.70. The minimum absolute atomic E-state index is 0.0138. The molecule has 3 aliphatic carbocycles. The second-order valence-corrected chi connectivity index (χ2v) is 10.8. The predicted molar refractivity (Wildman–Crippen MR) is 134 cm³/mol. The molecule has 2 aromatic rings. The average Bonchev–Trinajstić information content (AvgIpc) is 3.81. The Labute approximate surface area is 213 Å². The molecule has 37 heavy (non-hydrogen) atoms. The molecule has 3 fully saturated rings. The normalized spacial score (nSPS) is 23.6. The zero-order chi connectivity index (χ0) is 26.1. The summed E-state index contributed by atoms with van der Waals surface area (Å²) in [5.74, 6) is -1.94. The van der Waals surface area contributed by atoms with Gasteiger partial charge in [-0.3, -0.25) is 9.59 Å². The molecule has 11 heteroatoms. The number of methoxy groups -OCH3 is 1. The Bertz CT molecular complexity index is 1280. The number of primary amides is 1. The first-order valence-corrected chi connectivity index (χ1v) is 12.7. The third kappa shape index (κ3) is 4.04. The third-order valence-corrected chi connectivity index (χ3v) is 8.13. The number of hydrogen-bond acceptors (Lipinski definition) is 7. The fourth-order valence-electron chi connectivity index (χ4n) is 5.70. The van der Waals surface area contributed by atoms with Crippen molar-refractivity contribution in [2.45, 2.75) is 63.0 Å². The Morgan fingerprint density at radius 2 is 1.97 bits per heavy atom. The molecule has 1 aromatic heterocycles. The van der Waals surface area contributed by atoms with Gasteiger partial charge in [0, 0.05) is 44.1 Å². The number of fused-ring (bicyclic) bond motifs is 1. The molecule has 2 N–H and O–H groups in total. The van der Waals surface area contributed by atoms with E-state index < -0.39 is 23.3 Å². The molecular weight excluding hydrogens is 482 g/mol. The van der Waals surface area contributed by atoms with E-state index in [-0.39, 0.29) is 24.8 Å². The number of benzene rings is 1. The Hall–Kier alpha value is -3.50. The van der Waals surface area contributed by atoms with Gasteiger partial charge in [0.05, 0.1) is 24.4 Å². The highest BCUT2D eigenvalue weighted by molar-refractivity contribution is 6.03. The van der Waals surface area contributed by atoms with Crippen molar-refractivity contribution in [1.29, 1.82) is 0 Å². The van der Waals surface area contributed by atoms with Gasteiger partial charge in [-0.05, 0) is 50.3 Å². The first-order chi connectivity index (χ1) is 17.6. The van der Waals surface area contributed by atoms with Gasteiger partial charge in [-0.2, -0.15) is 4.98 Å². The highest BCUT2D eigenvalue weighted by atomic mass is 19.3.